The standard InChI is InChI=1S/C14H15N3O2S/c1-9(17-6-2-3-13(17)18)14(19)16-10-4-5-12-11(7-10)15-8-20-12/h4-5,7-9H,2-3,6H2,1H3,(H,16,19). The fraction of sp³-hybridized carbons (Fsp3) is 0.357. The molecule has 2 heterocycles. The van der Waals surface area contributed by atoms with Crippen LogP contribution in [0, 0.1) is 0 Å². The van der Waals surface area contributed by atoms with Crippen LogP contribution in [0.3, 0.4) is 0 Å². The van der Waals surface area contributed by atoms with Gasteiger partial charge < -0.3 is 10.2 Å². The smallest absolute Gasteiger partial charge is 0.246 e. The molecule has 1 N–H and O–H groups in total. The molecule has 0 saturated carbocycles. The van der Waals surface area contributed by atoms with Crippen LogP contribution in [0.25, 0.3) is 10.2 Å². The minimum Gasteiger partial charge on any atom is -0.331 e. The van der Waals surface area contributed by atoms with E-state index in [1.54, 1.807) is 28.7 Å². The number of rotatable bonds is 3. The molecule has 1 aromatic heterocycles. The van der Waals surface area contributed by atoms with Crippen molar-refractivity contribution in [2.24, 2.45) is 0 Å². The van der Waals surface area contributed by atoms with E-state index < -0.39 is 6.04 Å². The van der Waals surface area contributed by atoms with Gasteiger partial charge in [-0.25, -0.2) is 4.98 Å². The molecule has 0 radical (unpaired) electrons. The van der Waals surface area contributed by atoms with Gasteiger partial charge >= 0.3 is 0 Å². The Morgan fingerprint density at radius 2 is 2.35 bits per heavy atom. The first kappa shape index (κ1) is 13.1. The average molecular weight is 289 g/mol. The summed E-state index contributed by atoms with van der Waals surface area (Å²) >= 11 is 1.57. The number of carbonyl (C=O) groups is 2. The number of thiazole rings is 1. The molecular weight excluding hydrogens is 274 g/mol. The summed E-state index contributed by atoms with van der Waals surface area (Å²) in [7, 11) is 0. The van der Waals surface area contributed by atoms with E-state index in [9.17, 15) is 9.59 Å². The number of anilines is 1. The van der Waals surface area contributed by atoms with Crippen molar-refractivity contribution in [3.8, 4) is 0 Å². The van der Waals surface area contributed by atoms with Crippen LogP contribution in [-0.2, 0) is 9.59 Å². The summed E-state index contributed by atoms with van der Waals surface area (Å²) in [5.74, 6) is -0.0996. The summed E-state index contributed by atoms with van der Waals surface area (Å²) in [6.45, 7) is 2.43. The van der Waals surface area contributed by atoms with Gasteiger partial charge in [0.25, 0.3) is 0 Å². The SMILES string of the molecule is CC(C(=O)Nc1ccc2scnc2c1)N1CCCC1=O. The Kier molecular flexibility index (Phi) is 3.40. The molecule has 1 saturated heterocycles. The number of hydrogen-bond donors (Lipinski definition) is 1. The van der Waals surface area contributed by atoms with Crippen molar-refractivity contribution in [2.75, 3.05) is 11.9 Å². The third-order valence-electron chi connectivity index (χ3n) is 3.55. The molecule has 1 atom stereocenters. The number of amides is 2. The normalized spacial score (nSPS) is 16.6. The summed E-state index contributed by atoms with van der Waals surface area (Å²) in [4.78, 5) is 29.7. The van der Waals surface area contributed by atoms with E-state index in [1.165, 1.54) is 0 Å². The van der Waals surface area contributed by atoms with E-state index in [4.69, 9.17) is 0 Å². The van der Waals surface area contributed by atoms with Gasteiger partial charge in [0, 0.05) is 18.7 Å². The van der Waals surface area contributed by atoms with Gasteiger partial charge in [-0.05, 0) is 31.5 Å². The van der Waals surface area contributed by atoms with E-state index in [0.717, 1.165) is 16.6 Å². The van der Waals surface area contributed by atoms with Crippen molar-refractivity contribution >= 4 is 39.1 Å². The minimum absolute atomic E-state index is 0.0580. The van der Waals surface area contributed by atoms with Gasteiger partial charge in [0.05, 0.1) is 15.7 Å². The Bertz CT molecular complexity index is 667. The lowest BCUT2D eigenvalue weighted by Gasteiger charge is -2.23. The quantitative estimate of drug-likeness (QED) is 0.942. The summed E-state index contributed by atoms with van der Waals surface area (Å²) < 4.78 is 1.09. The third kappa shape index (κ3) is 2.38. The summed E-state index contributed by atoms with van der Waals surface area (Å²) in [6.07, 6.45) is 1.38. The van der Waals surface area contributed by atoms with Crippen molar-refractivity contribution in [1.29, 1.82) is 0 Å². The Hall–Kier alpha value is -1.95. The van der Waals surface area contributed by atoms with Crippen LogP contribution in [0.1, 0.15) is 19.8 Å². The van der Waals surface area contributed by atoms with Crippen LogP contribution in [0.2, 0.25) is 0 Å². The molecule has 6 heteroatoms. The predicted molar refractivity (Wildman–Crippen MR) is 78.7 cm³/mol. The Morgan fingerprint density at radius 1 is 1.50 bits per heavy atom. The Labute approximate surface area is 120 Å². The number of nitrogens with zero attached hydrogens (tertiary/aromatic N) is 2. The lowest BCUT2D eigenvalue weighted by Crippen LogP contribution is -2.42. The second-order valence-electron chi connectivity index (χ2n) is 4.89. The number of nitrogens with one attached hydrogen (secondary N) is 1. The highest BCUT2D eigenvalue weighted by molar-refractivity contribution is 7.16. The van der Waals surface area contributed by atoms with Gasteiger partial charge in [-0.2, -0.15) is 0 Å². The highest BCUT2D eigenvalue weighted by Gasteiger charge is 2.29. The monoisotopic (exact) mass is 289 g/mol. The van der Waals surface area contributed by atoms with Crippen molar-refractivity contribution in [2.45, 2.75) is 25.8 Å². The molecule has 5 nitrogen and oxygen atoms in total. The number of fused-ring (bicyclic) bond motifs is 1. The highest BCUT2D eigenvalue weighted by atomic mass is 32.1. The predicted octanol–water partition coefficient (Wildman–Crippen LogP) is 2.25. The molecule has 1 fully saturated rings. The molecule has 3 rings (SSSR count). The molecule has 0 aliphatic carbocycles. The first-order chi connectivity index (χ1) is 9.65. The molecule has 0 bridgehead atoms. The van der Waals surface area contributed by atoms with Crippen LogP contribution in [-0.4, -0.2) is 34.3 Å². The minimum atomic E-state index is -0.434. The largest absolute Gasteiger partial charge is 0.331 e. The fourth-order valence-electron chi connectivity index (χ4n) is 2.40. The van der Waals surface area contributed by atoms with E-state index in [0.29, 0.717) is 18.7 Å². The zero-order chi connectivity index (χ0) is 14.1. The fourth-order valence-corrected chi connectivity index (χ4v) is 3.06. The third-order valence-corrected chi connectivity index (χ3v) is 4.36. The van der Waals surface area contributed by atoms with E-state index in [2.05, 4.69) is 10.3 Å². The zero-order valence-electron chi connectivity index (χ0n) is 11.1. The number of carbonyl (C=O) groups excluding carboxylic acids is 2. The van der Waals surface area contributed by atoms with Crippen molar-refractivity contribution in [3.63, 3.8) is 0 Å². The van der Waals surface area contributed by atoms with Gasteiger partial charge in [0.1, 0.15) is 6.04 Å². The molecule has 1 aliphatic heterocycles. The number of likely N-dealkylation sites (tertiary alicyclic amines) is 1. The van der Waals surface area contributed by atoms with E-state index >= 15 is 0 Å². The molecule has 2 aromatic rings. The highest BCUT2D eigenvalue weighted by Crippen LogP contribution is 2.22. The molecule has 20 heavy (non-hydrogen) atoms. The maximum atomic E-state index is 12.2. The van der Waals surface area contributed by atoms with Crippen molar-refractivity contribution < 1.29 is 9.59 Å². The Balaban J connectivity index is 1.72. The van der Waals surface area contributed by atoms with Gasteiger partial charge in [-0.3, -0.25) is 9.59 Å². The summed E-state index contributed by atoms with van der Waals surface area (Å²) in [5.41, 5.74) is 3.37. The van der Waals surface area contributed by atoms with Crippen LogP contribution < -0.4 is 5.32 Å². The summed E-state index contributed by atoms with van der Waals surface area (Å²) in [5, 5.41) is 2.85. The second-order valence-corrected chi connectivity index (χ2v) is 5.78. The van der Waals surface area contributed by atoms with Gasteiger partial charge in [0.2, 0.25) is 11.8 Å². The van der Waals surface area contributed by atoms with Crippen molar-refractivity contribution in [3.05, 3.63) is 23.7 Å². The van der Waals surface area contributed by atoms with Crippen LogP contribution >= 0.6 is 11.3 Å². The Morgan fingerprint density at radius 3 is 3.10 bits per heavy atom. The molecule has 1 aliphatic rings. The van der Waals surface area contributed by atoms with E-state index in [1.807, 2.05) is 18.2 Å². The molecule has 1 aromatic carbocycles. The molecule has 2 amide bonds. The lowest BCUT2D eigenvalue weighted by atomic mass is 10.2. The molecular formula is C14H15N3O2S. The van der Waals surface area contributed by atoms with Crippen LogP contribution in [0.4, 0.5) is 5.69 Å². The van der Waals surface area contributed by atoms with E-state index in [-0.39, 0.29) is 11.8 Å². The van der Waals surface area contributed by atoms with Crippen LogP contribution in [0.5, 0.6) is 0 Å². The number of aromatic nitrogens is 1. The lowest BCUT2D eigenvalue weighted by molar-refractivity contribution is -0.134. The second kappa shape index (κ2) is 5.20. The molecule has 1 unspecified atom stereocenters. The van der Waals surface area contributed by atoms with Gasteiger partial charge in [-0.1, -0.05) is 0 Å². The number of hydrogen-bond acceptors (Lipinski definition) is 4. The van der Waals surface area contributed by atoms with Gasteiger partial charge in [-0.15, -0.1) is 11.3 Å². The topological polar surface area (TPSA) is 62.3 Å². The van der Waals surface area contributed by atoms with Crippen LogP contribution in [0.15, 0.2) is 23.7 Å². The van der Waals surface area contributed by atoms with Gasteiger partial charge in [0.15, 0.2) is 0 Å². The first-order valence-corrected chi connectivity index (χ1v) is 7.47. The van der Waals surface area contributed by atoms with Crippen molar-refractivity contribution in [1.82, 2.24) is 9.88 Å². The maximum absolute atomic E-state index is 12.2. The molecule has 104 valence electrons. The first-order valence-electron chi connectivity index (χ1n) is 6.59. The summed E-state index contributed by atoms with van der Waals surface area (Å²) in [6, 6.07) is 5.21. The zero-order valence-corrected chi connectivity index (χ0v) is 11.9. The maximum Gasteiger partial charge on any atom is 0.246 e. The molecule has 0 spiro atoms. The number of benzene rings is 1. The average Bonchev–Trinajstić information content (AvgIpc) is 3.05.